The van der Waals surface area contributed by atoms with Crippen molar-refractivity contribution in [2.24, 2.45) is 0 Å². The first kappa shape index (κ1) is 12.9. The summed E-state index contributed by atoms with van der Waals surface area (Å²) in [5.41, 5.74) is 2.79. The predicted octanol–water partition coefficient (Wildman–Crippen LogP) is 3.57. The van der Waals surface area contributed by atoms with Gasteiger partial charge in [-0.1, -0.05) is 35.3 Å². The van der Waals surface area contributed by atoms with Gasteiger partial charge in [0.1, 0.15) is 5.82 Å². The molecule has 0 radical (unpaired) electrons. The van der Waals surface area contributed by atoms with E-state index in [4.69, 9.17) is 4.98 Å². The molecule has 17 heavy (non-hydrogen) atoms. The molecule has 1 aromatic rings. The molecule has 1 aliphatic rings. The summed E-state index contributed by atoms with van der Waals surface area (Å²) in [7, 11) is 0. The van der Waals surface area contributed by atoms with E-state index in [1.807, 2.05) is 0 Å². The van der Waals surface area contributed by atoms with Crippen LogP contribution in [0.25, 0.3) is 0 Å². The van der Waals surface area contributed by atoms with Crippen LogP contribution in [0.5, 0.6) is 0 Å². The SMILES string of the molecule is CCCCN(CCBr)c1ccc2c(n1)CCC2. The molecular weight excluding hydrogens is 276 g/mol. The number of alkyl halides is 1. The summed E-state index contributed by atoms with van der Waals surface area (Å²) < 4.78 is 0. The average Bonchev–Trinajstić information content (AvgIpc) is 2.81. The number of halogens is 1. The lowest BCUT2D eigenvalue weighted by molar-refractivity contribution is 0.725. The van der Waals surface area contributed by atoms with Crippen LogP contribution in [0.4, 0.5) is 5.82 Å². The first-order valence-corrected chi connectivity index (χ1v) is 7.77. The molecule has 0 saturated carbocycles. The molecular formula is C14H21BrN2. The molecule has 3 heteroatoms. The van der Waals surface area contributed by atoms with Crippen LogP contribution < -0.4 is 4.90 Å². The standard InChI is InChI=1S/C14H21BrN2/c1-2-3-10-17(11-9-15)14-8-7-12-5-4-6-13(12)16-14/h7-8H,2-6,9-11H2,1H3. The fourth-order valence-electron chi connectivity index (χ4n) is 2.38. The number of hydrogen-bond acceptors (Lipinski definition) is 2. The molecule has 1 aromatic heterocycles. The zero-order valence-electron chi connectivity index (χ0n) is 10.6. The molecule has 0 unspecified atom stereocenters. The molecule has 2 nitrogen and oxygen atoms in total. The van der Waals surface area contributed by atoms with E-state index in [1.54, 1.807) is 0 Å². The number of hydrogen-bond donors (Lipinski definition) is 0. The molecule has 1 heterocycles. The van der Waals surface area contributed by atoms with Gasteiger partial charge in [-0.15, -0.1) is 0 Å². The van der Waals surface area contributed by atoms with E-state index >= 15 is 0 Å². The van der Waals surface area contributed by atoms with Crippen LogP contribution in [0.1, 0.15) is 37.4 Å². The lowest BCUT2D eigenvalue weighted by Gasteiger charge is -2.23. The number of rotatable bonds is 6. The highest BCUT2D eigenvalue weighted by atomic mass is 79.9. The summed E-state index contributed by atoms with van der Waals surface area (Å²) in [5.74, 6) is 1.17. The second-order valence-corrected chi connectivity index (χ2v) is 5.45. The molecule has 0 fully saturated rings. The van der Waals surface area contributed by atoms with E-state index in [-0.39, 0.29) is 0 Å². The number of fused-ring (bicyclic) bond motifs is 1. The number of pyridine rings is 1. The highest BCUT2D eigenvalue weighted by Gasteiger charge is 2.14. The Morgan fingerprint density at radius 3 is 2.94 bits per heavy atom. The number of anilines is 1. The highest BCUT2D eigenvalue weighted by Crippen LogP contribution is 2.23. The molecule has 94 valence electrons. The third-order valence-corrected chi connectivity index (χ3v) is 3.73. The van der Waals surface area contributed by atoms with E-state index in [0.717, 1.165) is 18.4 Å². The summed E-state index contributed by atoms with van der Waals surface area (Å²) in [4.78, 5) is 7.23. The van der Waals surface area contributed by atoms with Crippen molar-refractivity contribution < 1.29 is 0 Å². The van der Waals surface area contributed by atoms with E-state index in [0.29, 0.717) is 0 Å². The van der Waals surface area contributed by atoms with Gasteiger partial charge in [-0.05, 0) is 37.3 Å². The first-order chi connectivity index (χ1) is 8.35. The van der Waals surface area contributed by atoms with Gasteiger partial charge in [-0.2, -0.15) is 0 Å². The number of unbranched alkanes of at least 4 members (excludes halogenated alkanes) is 1. The Bertz CT molecular complexity index is 365. The Hall–Kier alpha value is -0.570. The van der Waals surface area contributed by atoms with Crippen molar-refractivity contribution in [2.45, 2.75) is 39.0 Å². The van der Waals surface area contributed by atoms with Gasteiger partial charge >= 0.3 is 0 Å². The fourth-order valence-corrected chi connectivity index (χ4v) is 2.81. The summed E-state index contributed by atoms with van der Waals surface area (Å²) in [6.45, 7) is 4.40. The lowest BCUT2D eigenvalue weighted by atomic mass is 10.2. The fraction of sp³-hybridized carbons (Fsp3) is 0.643. The van der Waals surface area contributed by atoms with Crippen LogP contribution in [-0.2, 0) is 12.8 Å². The summed E-state index contributed by atoms with van der Waals surface area (Å²) in [5, 5.41) is 1.01. The minimum absolute atomic E-state index is 1.01. The number of aromatic nitrogens is 1. The molecule has 0 amide bonds. The lowest BCUT2D eigenvalue weighted by Crippen LogP contribution is -2.27. The van der Waals surface area contributed by atoms with Gasteiger partial charge in [0.05, 0.1) is 0 Å². The molecule has 0 spiro atoms. The minimum atomic E-state index is 1.01. The van der Waals surface area contributed by atoms with Gasteiger partial charge in [0.2, 0.25) is 0 Å². The van der Waals surface area contributed by atoms with Crippen LogP contribution in [0.3, 0.4) is 0 Å². The summed E-state index contributed by atoms with van der Waals surface area (Å²) in [6, 6.07) is 4.47. The molecule has 0 aromatic carbocycles. The Kier molecular flexibility index (Phi) is 4.84. The van der Waals surface area contributed by atoms with E-state index < -0.39 is 0 Å². The summed E-state index contributed by atoms with van der Waals surface area (Å²) >= 11 is 3.53. The Morgan fingerprint density at radius 1 is 1.29 bits per heavy atom. The average molecular weight is 297 g/mol. The third kappa shape index (κ3) is 3.21. The van der Waals surface area contributed by atoms with Crippen molar-refractivity contribution in [3.63, 3.8) is 0 Å². The van der Waals surface area contributed by atoms with Crippen molar-refractivity contribution in [1.29, 1.82) is 0 Å². The molecule has 2 rings (SSSR count). The maximum absolute atomic E-state index is 4.83. The van der Waals surface area contributed by atoms with Crippen molar-refractivity contribution in [3.05, 3.63) is 23.4 Å². The maximum Gasteiger partial charge on any atom is 0.128 e. The van der Waals surface area contributed by atoms with E-state index in [1.165, 1.54) is 49.2 Å². The second kappa shape index (κ2) is 6.39. The van der Waals surface area contributed by atoms with Crippen LogP contribution in [0.2, 0.25) is 0 Å². The van der Waals surface area contributed by atoms with E-state index in [9.17, 15) is 0 Å². The monoisotopic (exact) mass is 296 g/mol. The van der Waals surface area contributed by atoms with Gasteiger partial charge < -0.3 is 4.90 Å². The molecule has 0 saturated heterocycles. The van der Waals surface area contributed by atoms with Gasteiger partial charge in [-0.3, -0.25) is 0 Å². The van der Waals surface area contributed by atoms with Crippen LogP contribution in [-0.4, -0.2) is 23.4 Å². The van der Waals surface area contributed by atoms with Crippen LogP contribution >= 0.6 is 15.9 Å². The predicted molar refractivity (Wildman–Crippen MR) is 77.2 cm³/mol. The zero-order chi connectivity index (χ0) is 12.1. The highest BCUT2D eigenvalue weighted by molar-refractivity contribution is 9.09. The normalized spacial score (nSPS) is 13.8. The molecule has 0 N–H and O–H groups in total. The smallest absolute Gasteiger partial charge is 0.128 e. The first-order valence-electron chi connectivity index (χ1n) is 6.65. The molecule has 0 bridgehead atoms. The van der Waals surface area contributed by atoms with Crippen molar-refractivity contribution >= 4 is 21.7 Å². The second-order valence-electron chi connectivity index (χ2n) is 4.66. The molecule has 1 aliphatic carbocycles. The topological polar surface area (TPSA) is 16.1 Å². The minimum Gasteiger partial charge on any atom is -0.356 e. The Labute approximate surface area is 113 Å². The Balaban J connectivity index is 2.11. The Morgan fingerprint density at radius 2 is 2.18 bits per heavy atom. The zero-order valence-corrected chi connectivity index (χ0v) is 12.2. The van der Waals surface area contributed by atoms with E-state index in [2.05, 4.69) is 39.9 Å². The van der Waals surface area contributed by atoms with Crippen LogP contribution in [0.15, 0.2) is 12.1 Å². The largest absolute Gasteiger partial charge is 0.356 e. The number of aryl methyl sites for hydroxylation is 2. The van der Waals surface area contributed by atoms with Crippen molar-refractivity contribution in [1.82, 2.24) is 4.98 Å². The number of nitrogens with zero attached hydrogens (tertiary/aromatic N) is 2. The summed E-state index contributed by atoms with van der Waals surface area (Å²) in [6.07, 6.45) is 6.14. The molecule has 0 atom stereocenters. The van der Waals surface area contributed by atoms with Gasteiger partial charge in [0.15, 0.2) is 0 Å². The van der Waals surface area contributed by atoms with Gasteiger partial charge in [-0.25, -0.2) is 4.98 Å². The molecule has 0 aliphatic heterocycles. The van der Waals surface area contributed by atoms with Crippen molar-refractivity contribution in [2.75, 3.05) is 23.3 Å². The van der Waals surface area contributed by atoms with Crippen molar-refractivity contribution in [3.8, 4) is 0 Å². The third-order valence-electron chi connectivity index (χ3n) is 3.37. The van der Waals surface area contributed by atoms with Gasteiger partial charge in [0, 0.05) is 24.1 Å². The maximum atomic E-state index is 4.83. The van der Waals surface area contributed by atoms with Gasteiger partial charge in [0.25, 0.3) is 0 Å². The quantitative estimate of drug-likeness (QED) is 0.746. The van der Waals surface area contributed by atoms with Crippen LogP contribution in [0, 0.1) is 0 Å².